The maximum atomic E-state index is 5.65. The maximum absolute atomic E-state index is 5.65. The van der Waals surface area contributed by atoms with Crippen LogP contribution in [-0.4, -0.2) is 17.3 Å². The monoisotopic (exact) mass is 296 g/mol. The van der Waals surface area contributed by atoms with E-state index in [4.69, 9.17) is 13.9 Å². The molecule has 2 aromatic carbocycles. The highest BCUT2D eigenvalue weighted by atomic mass is 16.5. The normalized spacial score (nSPS) is 10.5. The first-order valence-corrected chi connectivity index (χ1v) is 6.91. The second-order valence-electron chi connectivity index (χ2n) is 4.84. The molecular formula is C17H16N2O3. The standard InChI is InChI=1S/C17H16N2O3/c1-12-5-3-8-15(9-12)21-11-16-18-19-17(22-16)13-6-4-7-14(10-13)20-2/h3-10H,11H2,1-2H3. The lowest BCUT2D eigenvalue weighted by atomic mass is 10.2. The van der Waals surface area contributed by atoms with E-state index in [9.17, 15) is 0 Å². The third-order valence-corrected chi connectivity index (χ3v) is 3.14. The summed E-state index contributed by atoms with van der Waals surface area (Å²) < 4.78 is 16.4. The third-order valence-electron chi connectivity index (χ3n) is 3.14. The summed E-state index contributed by atoms with van der Waals surface area (Å²) in [6.07, 6.45) is 0. The van der Waals surface area contributed by atoms with Crippen molar-refractivity contribution in [2.75, 3.05) is 7.11 Å². The van der Waals surface area contributed by atoms with Crippen molar-refractivity contribution in [1.82, 2.24) is 10.2 Å². The zero-order valence-corrected chi connectivity index (χ0v) is 12.4. The highest BCUT2D eigenvalue weighted by Gasteiger charge is 2.10. The van der Waals surface area contributed by atoms with Gasteiger partial charge in [0.05, 0.1) is 7.11 Å². The van der Waals surface area contributed by atoms with Gasteiger partial charge in [0.1, 0.15) is 11.5 Å². The number of hydrogen-bond acceptors (Lipinski definition) is 5. The lowest BCUT2D eigenvalue weighted by Gasteiger charge is -2.03. The molecule has 3 aromatic rings. The van der Waals surface area contributed by atoms with Crippen LogP contribution in [0, 0.1) is 6.92 Å². The van der Waals surface area contributed by atoms with Crippen molar-refractivity contribution in [1.29, 1.82) is 0 Å². The lowest BCUT2D eigenvalue weighted by molar-refractivity contribution is 0.264. The van der Waals surface area contributed by atoms with Crippen LogP contribution in [-0.2, 0) is 6.61 Å². The number of methoxy groups -OCH3 is 1. The number of benzene rings is 2. The molecule has 0 amide bonds. The predicted octanol–water partition coefficient (Wildman–Crippen LogP) is 3.63. The minimum absolute atomic E-state index is 0.237. The van der Waals surface area contributed by atoms with Gasteiger partial charge in [-0.1, -0.05) is 18.2 Å². The molecule has 0 fully saturated rings. The topological polar surface area (TPSA) is 57.4 Å². The molecule has 5 heteroatoms. The minimum atomic E-state index is 0.237. The van der Waals surface area contributed by atoms with Gasteiger partial charge in [0.2, 0.25) is 5.89 Å². The van der Waals surface area contributed by atoms with Gasteiger partial charge in [-0.3, -0.25) is 0 Å². The predicted molar refractivity (Wildman–Crippen MR) is 81.8 cm³/mol. The molecule has 5 nitrogen and oxygen atoms in total. The number of ether oxygens (including phenoxy) is 2. The van der Waals surface area contributed by atoms with E-state index in [-0.39, 0.29) is 6.61 Å². The maximum Gasteiger partial charge on any atom is 0.254 e. The molecule has 0 bridgehead atoms. The molecule has 1 heterocycles. The van der Waals surface area contributed by atoms with Crippen LogP contribution in [0.5, 0.6) is 11.5 Å². The molecular weight excluding hydrogens is 280 g/mol. The first-order chi connectivity index (χ1) is 10.7. The molecule has 0 aliphatic rings. The number of aromatic nitrogens is 2. The summed E-state index contributed by atoms with van der Waals surface area (Å²) in [6, 6.07) is 15.3. The van der Waals surface area contributed by atoms with Gasteiger partial charge in [-0.2, -0.15) is 0 Å². The molecule has 0 saturated carbocycles. The van der Waals surface area contributed by atoms with Gasteiger partial charge in [-0.15, -0.1) is 10.2 Å². The van der Waals surface area contributed by atoms with Crippen molar-refractivity contribution in [3.05, 3.63) is 60.0 Å². The zero-order chi connectivity index (χ0) is 15.4. The molecule has 0 saturated heterocycles. The summed E-state index contributed by atoms with van der Waals surface area (Å²) in [5.41, 5.74) is 1.95. The van der Waals surface area contributed by atoms with Crippen molar-refractivity contribution in [3.63, 3.8) is 0 Å². The van der Waals surface area contributed by atoms with Gasteiger partial charge in [0.15, 0.2) is 6.61 Å². The van der Waals surface area contributed by atoms with E-state index in [2.05, 4.69) is 10.2 Å². The first kappa shape index (κ1) is 14.1. The molecule has 0 unspecified atom stereocenters. The highest BCUT2D eigenvalue weighted by Crippen LogP contribution is 2.23. The van der Waals surface area contributed by atoms with E-state index in [1.54, 1.807) is 7.11 Å². The summed E-state index contributed by atoms with van der Waals surface area (Å²) in [4.78, 5) is 0. The minimum Gasteiger partial charge on any atom is -0.497 e. The van der Waals surface area contributed by atoms with Crippen molar-refractivity contribution >= 4 is 0 Å². The van der Waals surface area contributed by atoms with Gasteiger partial charge in [0, 0.05) is 5.56 Å². The van der Waals surface area contributed by atoms with Crippen LogP contribution >= 0.6 is 0 Å². The quantitative estimate of drug-likeness (QED) is 0.719. The van der Waals surface area contributed by atoms with Crippen LogP contribution in [0.4, 0.5) is 0 Å². The Hall–Kier alpha value is -2.82. The summed E-state index contributed by atoms with van der Waals surface area (Å²) in [7, 11) is 1.62. The van der Waals surface area contributed by atoms with Gasteiger partial charge >= 0.3 is 0 Å². The van der Waals surface area contributed by atoms with Crippen LogP contribution in [0.3, 0.4) is 0 Å². The molecule has 0 aliphatic carbocycles. The fourth-order valence-electron chi connectivity index (χ4n) is 2.03. The average Bonchev–Trinajstić information content (AvgIpc) is 3.02. The van der Waals surface area contributed by atoms with E-state index < -0.39 is 0 Å². The van der Waals surface area contributed by atoms with E-state index in [0.717, 1.165) is 22.6 Å². The number of aryl methyl sites for hydroxylation is 1. The fraction of sp³-hybridized carbons (Fsp3) is 0.176. The first-order valence-electron chi connectivity index (χ1n) is 6.91. The molecule has 0 spiro atoms. The van der Waals surface area contributed by atoms with Crippen LogP contribution in [0.2, 0.25) is 0 Å². The Balaban J connectivity index is 1.71. The summed E-state index contributed by atoms with van der Waals surface area (Å²) in [5, 5.41) is 8.04. The Morgan fingerprint density at radius 2 is 1.82 bits per heavy atom. The smallest absolute Gasteiger partial charge is 0.254 e. The molecule has 3 rings (SSSR count). The van der Waals surface area contributed by atoms with Crippen LogP contribution in [0.1, 0.15) is 11.5 Å². The Labute approximate surface area is 128 Å². The molecule has 1 aromatic heterocycles. The Morgan fingerprint density at radius 1 is 1.00 bits per heavy atom. The Morgan fingerprint density at radius 3 is 2.64 bits per heavy atom. The SMILES string of the molecule is COc1cccc(-c2nnc(COc3cccc(C)c3)o2)c1. The molecule has 0 atom stereocenters. The van der Waals surface area contributed by atoms with Crippen LogP contribution < -0.4 is 9.47 Å². The van der Waals surface area contributed by atoms with E-state index >= 15 is 0 Å². The van der Waals surface area contributed by atoms with Crippen molar-refractivity contribution in [3.8, 4) is 23.0 Å². The van der Waals surface area contributed by atoms with Crippen molar-refractivity contribution in [2.45, 2.75) is 13.5 Å². The van der Waals surface area contributed by atoms with E-state index in [1.807, 2.05) is 55.5 Å². The fourth-order valence-corrected chi connectivity index (χ4v) is 2.03. The van der Waals surface area contributed by atoms with Gasteiger partial charge < -0.3 is 13.9 Å². The second-order valence-corrected chi connectivity index (χ2v) is 4.84. The molecule has 22 heavy (non-hydrogen) atoms. The molecule has 0 radical (unpaired) electrons. The van der Waals surface area contributed by atoms with Gasteiger partial charge in [0.25, 0.3) is 5.89 Å². The largest absolute Gasteiger partial charge is 0.497 e. The van der Waals surface area contributed by atoms with Crippen LogP contribution in [0.25, 0.3) is 11.5 Å². The lowest BCUT2D eigenvalue weighted by Crippen LogP contribution is -1.95. The highest BCUT2D eigenvalue weighted by molar-refractivity contribution is 5.55. The Kier molecular flexibility index (Phi) is 4.05. The summed E-state index contributed by atoms with van der Waals surface area (Å²) in [5.74, 6) is 2.40. The molecule has 112 valence electrons. The summed E-state index contributed by atoms with van der Waals surface area (Å²) >= 11 is 0. The van der Waals surface area contributed by atoms with Crippen LogP contribution in [0.15, 0.2) is 52.9 Å². The number of rotatable bonds is 5. The Bertz CT molecular complexity index is 768. The second kappa shape index (κ2) is 6.30. The van der Waals surface area contributed by atoms with Gasteiger partial charge in [-0.25, -0.2) is 0 Å². The van der Waals surface area contributed by atoms with Crippen molar-refractivity contribution < 1.29 is 13.9 Å². The van der Waals surface area contributed by atoms with Crippen molar-refractivity contribution in [2.24, 2.45) is 0 Å². The number of nitrogens with zero attached hydrogens (tertiary/aromatic N) is 2. The molecule has 0 N–H and O–H groups in total. The average molecular weight is 296 g/mol. The van der Waals surface area contributed by atoms with E-state index in [1.165, 1.54) is 0 Å². The van der Waals surface area contributed by atoms with E-state index in [0.29, 0.717) is 11.8 Å². The number of hydrogen-bond donors (Lipinski definition) is 0. The third kappa shape index (κ3) is 3.25. The van der Waals surface area contributed by atoms with Gasteiger partial charge in [-0.05, 0) is 42.8 Å². The molecule has 0 aliphatic heterocycles. The zero-order valence-electron chi connectivity index (χ0n) is 12.4. The summed E-state index contributed by atoms with van der Waals surface area (Å²) in [6.45, 7) is 2.25.